The van der Waals surface area contributed by atoms with E-state index in [0.717, 1.165) is 15.8 Å². The van der Waals surface area contributed by atoms with Gasteiger partial charge in [0.15, 0.2) is 0 Å². The van der Waals surface area contributed by atoms with Gasteiger partial charge in [-0.2, -0.15) is 4.68 Å². The maximum Gasteiger partial charge on any atom is 0.437 e. The first-order chi connectivity index (χ1) is 12.4. The van der Waals surface area contributed by atoms with Crippen molar-refractivity contribution >= 4 is 5.91 Å². The summed E-state index contributed by atoms with van der Waals surface area (Å²) in [5.74, 6) is -1.47. The van der Waals surface area contributed by atoms with E-state index >= 15 is 0 Å². The standard InChI is InChI=1S/C19H18FN3O3/c1-12-5-3-4-6-16(12)13(2)21-17(24)11-23-19(25)26-18(22-23)14-7-9-15(20)10-8-14/h3-10,13H,11H2,1-2H3,(H,21,24)/t13-/m1/s1. The topological polar surface area (TPSA) is 77.1 Å². The van der Waals surface area contributed by atoms with Crippen molar-refractivity contribution in [3.05, 3.63) is 76.0 Å². The van der Waals surface area contributed by atoms with Gasteiger partial charge in [0.25, 0.3) is 0 Å². The van der Waals surface area contributed by atoms with E-state index in [2.05, 4.69) is 10.4 Å². The Morgan fingerprint density at radius 3 is 2.62 bits per heavy atom. The maximum atomic E-state index is 13.0. The first kappa shape index (κ1) is 17.6. The summed E-state index contributed by atoms with van der Waals surface area (Å²) in [6, 6.07) is 12.9. The molecular formula is C19H18FN3O3. The summed E-state index contributed by atoms with van der Waals surface area (Å²) in [7, 11) is 0. The second-order valence-electron chi connectivity index (χ2n) is 5.98. The molecule has 26 heavy (non-hydrogen) atoms. The van der Waals surface area contributed by atoms with Crippen LogP contribution in [0.5, 0.6) is 0 Å². The zero-order chi connectivity index (χ0) is 18.7. The number of carbonyl (C=O) groups is 1. The fraction of sp³-hybridized carbons (Fsp3) is 0.211. The molecule has 2 aromatic carbocycles. The van der Waals surface area contributed by atoms with Gasteiger partial charge in [0.1, 0.15) is 12.4 Å². The molecule has 6 nitrogen and oxygen atoms in total. The minimum Gasteiger partial charge on any atom is -0.388 e. The van der Waals surface area contributed by atoms with Gasteiger partial charge in [0.05, 0.1) is 6.04 Å². The smallest absolute Gasteiger partial charge is 0.388 e. The molecule has 1 heterocycles. The Bertz CT molecular complexity index is 976. The number of amides is 1. The van der Waals surface area contributed by atoms with Crippen LogP contribution in [0.3, 0.4) is 0 Å². The quantitative estimate of drug-likeness (QED) is 0.763. The summed E-state index contributed by atoms with van der Waals surface area (Å²) in [5, 5.41) is 6.84. The Labute approximate surface area is 149 Å². The van der Waals surface area contributed by atoms with Crippen molar-refractivity contribution in [2.24, 2.45) is 0 Å². The van der Waals surface area contributed by atoms with Crippen LogP contribution in [0.4, 0.5) is 4.39 Å². The Hall–Kier alpha value is -3.22. The third kappa shape index (κ3) is 3.88. The lowest BCUT2D eigenvalue weighted by atomic mass is 10.0. The highest BCUT2D eigenvalue weighted by Gasteiger charge is 2.16. The molecule has 0 bridgehead atoms. The van der Waals surface area contributed by atoms with Crippen LogP contribution in [0, 0.1) is 12.7 Å². The van der Waals surface area contributed by atoms with Gasteiger partial charge in [0, 0.05) is 5.56 Å². The zero-order valence-electron chi connectivity index (χ0n) is 14.4. The second-order valence-corrected chi connectivity index (χ2v) is 5.98. The molecule has 3 rings (SSSR count). The molecule has 1 atom stereocenters. The molecular weight excluding hydrogens is 337 g/mol. The highest BCUT2D eigenvalue weighted by molar-refractivity contribution is 5.76. The second kappa shape index (κ2) is 7.35. The average Bonchev–Trinajstić information content (AvgIpc) is 2.96. The number of aromatic nitrogens is 2. The lowest BCUT2D eigenvalue weighted by Gasteiger charge is -2.16. The van der Waals surface area contributed by atoms with Crippen molar-refractivity contribution in [2.45, 2.75) is 26.4 Å². The molecule has 1 aromatic heterocycles. The highest BCUT2D eigenvalue weighted by Crippen LogP contribution is 2.17. The van der Waals surface area contributed by atoms with E-state index in [1.807, 2.05) is 38.1 Å². The molecule has 0 aliphatic heterocycles. The summed E-state index contributed by atoms with van der Waals surface area (Å²) in [4.78, 5) is 24.2. The summed E-state index contributed by atoms with van der Waals surface area (Å²) >= 11 is 0. The number of rotatable bonds is 5. The van der Waals surface area contributed by atoms with Gasteiger partial charge in [-0.05, 0) is 49.2 Å². The Morgan fingerprint density at radius 1 is 1.23 bits per heavy atom. The number of benzene rings is 2. The van der Waals surface area contributed by atoms with E-state index in [4.69, 9.17) is 4.42 Å². The monoisotopic (exact) mass is 355 g/mol. The van der Waals surface area contributed by atoms with Crippen LogP contribution >= 0.6 is 0 Å². The van der Waals surface area contributed by atoms with Gasteiger partial charge in [-0.3, -0.25) is 4.79 Å². The third-order valence-corrected chi connectivity index (χ3v) is 4.02. The van der Waals surface area contributed by atoms with Crippen molar-refractivity contribution in [3.63, 3.8) is 0 Å². The Morgan fingerprint density at radius 2 is 1.92 bits per heavy atom. The predicted octanol–water partition coefficient (Wildman–Crippen LogP) is 2.83. The Kier molecular flexibility index (Phi) is 4.97. The minimum absolute atomic E-state index is 0.0368. The average molecular weight is 355 g/mol. The fourth-order valence-electron chi connectivity index (χ4n) is 2.69. The van der Waals surface area contributed by atoms with Crippen molar-refractivity contribution in [2.75, 3.05) is 0 Å². The summed E-state index contributed by atoms with van der Waals surface area (Å²) in [6.07, 6.45) is 0. The minimum atomic E-state index is -0.747. The summed E-state index contributed by atoms with van der Waals surface area (Å²) < 4.78 is 19.0. The predicted molar refractivity (Wildman–Crippen MR) is 93.9 cm³/mol. The van der Waals surface area contributed by atoms with Crippen molar-refractivity contribution in [1.82, 2.24) is 15.1 Å². The molecule has 0 saturated heterocycles. The van der Waals surface area contributed by atoms with Crippen LogP contribution in [0.2, 0.25) is 0 Å². The van der Waals surface area contributed by atoms with Crippen LogP contribution in [-0.2, 0) is 11.3 Å². The van der Waals surface area contributed by atoms with E-state index in [-0.39, 0.29) is 24.4 Å². The molecule has 0 radical (unpaired) electrons. The molecule has 0 aliphatic carbocycles. The largest absolute Gasteiger partial charge is 0.437 e. The van der Waals surface area contributed by atoms with Gasteiger partial charge < -0.3 is 9.73 Å². The van der Waals surface area contributed by atoms with Crippen molar-refractivity contribution in [1.29, 1.82) is 0 Å². The van der Waals surface area contributed by atoms with Crippen LogP contribution in [0.25, 0.3) is 11.5 Å². The first-order valence-electron chi connectivity index (χ1n) is 8.13. The van der Waals surface area contributed by atoms with Crippen molar-refractivity contribution < 1.29 is 13.6 Å². The van der Waals surface area contributed by atoms with E-state index in [1.54, 1.807) is 0 Å². The van der Waals surface area contributed by atoms with Gasteiger partial charge in [-0.25, -0.2) is 9.18 Å². The highest BCUT2D eigenvalue weighted by atomic mass is 19.1. The van der Waals surface area contributed by atoms with Gasteiger partial charge in [-0.1, -0.05) is 24.3 Å². The van der Waals surface area contributed by atoms with Gasteiger partial charge in [-0.15, -0.1) is 5.10 Å². The number of aryl methyl sites for hydroxylation is 1. The summed E-state index contributed by atoms with van der Waals surface area (Å²) in [6.45, 7) is 3.57. The number of nitrogens with zero attached hydrogens (tertiary/aromatic N) is 2. The molecule has 7 heteroatoms. The zero-order valence-corrected chi connectivity index (χ0v) is 14.4. The number of hydrogen-bond acceptors (Lipinski definition) is 4. The number of nitrogens with one attached hydrogen (secondary N) is 1. The molecule has 1 amide bonds. The molecule has 1 N–H and O–H groups in total. The fourth-order valence-corrected chi connectivity index (χ4v) is 2.69. The van der Waals surface area contributed by atoms with Crippen LogP contribution < -0.4 is 11.1 Å². The third-order valence-electron chi connectivity index (χ3n) is 4.02. The molecule has 0 aliphatic rings. The van der Waals surface area contributed by atoms with Gasteiger partial charge >= 0.3 is 5.76 Å². The van der Waals surface area contributed by atoms with E-state index in [9.17, 15) is 14.0 Å². The molecule has 0 unspecified atom stereocenters. The molecule has 0 spiro atoms. The summed E-state index contributed by atoms with van der Waals surface area (Å²) in [5.41, 5.74) is 2.52. The number of halogens is 1. The van der Waals surface area contributed by atoms with E-state index in [0.29, 0.717) is 5.56 Å². The lowest BCUT2D eigenvalue weighted by Crippen LogP contribution is -2.33. The lowest BCUT2D eigenvalue weighted by molar-refractivity contribution is -0.122. The van der Waals surface area contributed by atoms with Crippen LogP contribution in [0.1, 0.15) is 24.1 Å². The number of carbonyl (C=O) groups excluding carboxylic acids is 1. The first-order valence-corrected chi connectivity index (χ1v) is 8.13. The SMILES string of the molecule is Cc1ccccc1[C@@H](C)NC(=O)Cn1nc(-c2ccc(F)cc2)oc1=O. The molecule has 3 aromatic rings. The van der Waals surface area contributed by atoms with E-state index in [1.165, 1.54) is 24.3 Å². The molecule has 0 fully saturated rings. The Balaban J connectivity index is 1.71. The van der Waals surface area contributed by atoms with E-state index < -0.39 is 11.6 Å². The van der Waals surface area contributed by atoms with Crippen molar-refractivity contribution in [3.8, 4) is 11.5 Å². The maximum absolute atomic E-state index is 13.0. The van der Waals surface area contributed by atoms with Crippen LogP contribution in [0.15, 0.2) is 57.7 Å². The number of hydrogen-bond donors (Lipinski definition) is 1. The molecule has 0 saturated carbocycles. The molecule has 134 valence electrons. The van der Waals surface area contributed by atoms with Crippen LogP contribution in [-0.4, -0.2) is 15.7 Å². The van der Waals surface area contributed by atoms with Gasteiger partial charge in [0.2, 0.25) is 11.8 Å². The normalized spacial score (nSPS) is 12.0.